The molecule has 0 bridgehead atoms. The highest BCUT2D eigenvalue weighted by atomic mass is 32.2. The van der Waals surface area contributed by atoms with E-state index in [2.05, 4.69) is 11.8 Å². The van der Waals surface area contributed by atoms with Crippen LogP contribution in [0.1, 0.15) is 29.3 Å². The van der Waals surface area contributed by atoms with E-state index in [9.17, 15) is 14.0 Å². The zero-order chi connectivity index (χ0) is 12.7. The average molecular weight is 250 g/mol. The zero-order valence-electron chi connectivity index (χ0n) is 9.33. The maximum absolute atomic E-state index is 13.5. The summed E-state index contributed by atoms with van der Waals surface area (Å²) in [5.74, 6) is 5.43. The molecule has 0 N–H and O–H groups in total. The van der Waals surface area contributed by atoms with Gasteiger partial charge in [0, 0.05) is 19.1 Å². The summed E-state index contributed by atoms with van der Waals surface area (Å²) in [6, 6.07) is 4.51. The summed E-state index contributed by atoms with van der Waals surface area (Å²) >= 11 is 1.19. The van der Waals surface area contributed by atoms with Crippen LogP contribution in [0, 0.1) is 17.7 Å². The largest absolute Gasteiger partial charge is 0.298 e. The first kappa shape index (κ1) is 13.5. The Morgan fingerprint density at radius 1 is 1.53 bits per heavy atom. The number of aldehydes is 1. The van der Waals surface area contributed by atoms with Gasteiger partial charge in [0.25, 0.3) is 0 Å². The van der Waals surface area contributed by atoms with Crippen molar-refractivity contribution in [2.24, 2.45) is 0 Å². The Balaban J connectivity index is 2.66. The van der Waals surface area contributed by atoms with Gasteiger partial charge in [-0.05, 0) is 12.1 Å². The van der Waals surface area contributed by atoms with Crippen molar-refractivity contribution in [1.29, 1.82) is 0 Å². The molecule has 0 aliphatic rings. The van der Waals surface area contributed by atoms with Gasteiger partial charge < -0.3 is 0 Å². The monoisotopic (exact) mass is 250 g/mol. The predicted octanol–water partition coefficient (Wildman–Crippen LogP) is 2.66. The lowest BCUT2D eigenvalue weighted by atomic mass is 10.1. The highest BCUT2D eigenvalue weighted by Crippen LogP contribution is 2.10. The molecule has 0 unspecified atom stereocenters. The van der Waals surface area contributed by atoms with E-state index in [4.69, 9.17) is 0 Å². The molecule has 4 heteroatoms. The van der Waals surface area contributed by atoms with Crippen LogP contribution in [-0.2, 0) is 4.79 Å². The zero-order valence-corrected chi connectivity index (χ0v) is 10.1. The van der Waals surface area contributed by atoms with Crippen molar-refractivity contribution in [3.8, 4) is 11.8 Å². The molecule has 0 heterocycles. The molecular weight excluding hydrogens is 239 g/mol. The lowest BCUT2D eigenvalue weighted by molar-refractivity contribution is -0.109. The molecule has 88 valence electrons. The summed E-state index contributed by atoms with van der Waals surface area (Å²) in [6.07, 6.45) is 0.973. The predicted molar refractivity (Wildman–Crippen MR) is 66.4 cm³/mol. The van der Waals surface area contributed by atoms with Crippen LogP contribution in [0.25, 0.3) is 0 Å². The van der Waals surface area contributed by atoms with Crippen LogP contribution in [0.3, 0.4) is 0 Å². The van der Waals surface area contributed by atoms with Gasteiger partial charge >= 0.3 is 0 Å². The van der Waals surface area contributed by atoms with Crippen LogP contribution >= 0.6 is 11.8 Å². The van der Waals surface area contributed by atoms with E-state index in [0.29, 0.717) is 18.5 Å². The Morgan fingerprint density at radius 2 is 2.29 bits per heavy atom. The molecule has 0 aliphatic heterocycles. The highest BCUT2D eigenvalue weighted by Gasteiger charge is 2.04. The molecular formula is C13H11FO2S. The van der Waals surface area contributed by atoms with Crippen LogP contribution in [0.2, 0.25) is 0 Å². The second-order valence-electron chi connectivity index (χ2n) is 3.22. The lowest BCUT2D eigenvalue weighted by Crippen LogP contribution is -1.91. The minimum absolute atomic E-state index is 0.00918. The molecule has 0 amide bonds. The molecule has 1 aromatic rings. The number of carbonyl (C=O) groups excluding carboxylic acids is 2. The molecule has 0 aromatic heterocycles. The average Bonchev–Trinajstić information content (AvgIpc) is 2.30. The topological polar surface area (TPSA) is 34.1 Å². The summed E-state index contributed by atoms with van der Waals surface area (Å²) in [5.41, 5.74) is 0.220. The molecule has 1 aromatic carbocycles. The molecule has 1 rings (SSSR count). The van der Waals surface area contributed by atoms with E-state index in [0.717, 1.165) is 0 Å². The SMILES string of the molecule is CC(=O)SCCC#Cc1cccc(C=O)c1F. The number of hydrogen-bond acceptors (Lipinski definition) is 3. The van der Waals surface area contributed by atoms with Crippen molar-refractivity contribution in [2.75, 3.05) is 5.75 Å². The number of carbonyl (C=O) groups is 2. The number of halogens is 1. The second kappa shape index (κ2) is 6.87. The molecule has 0 spiro atoms. The Hall–Kier alpha value is -1.60. The minimum Gasteiger partial charge on any atom is -0.298 e. The molecule has 0 radical (unpaired) electrons. The molecule has 0 saturated carbocycles. The minimum atomic E-state index is -0.589. The summed E-state index contributed by atoms with van der Waals surface area (Å²) < 4.78 is 13.5. The van der Waals surface area contributed by atoms with Crippen LogP contribution in [0.15, 0.2) is 18.2 Å². The van der Waals surface area contributed by atoms with Crippen LogP contribution < -0.4 is 0 Å². The van der Waals surface area contributed by atoms with Crippen molar-refractivity contribution in [1.82, 2.24) is 0 Å². The summed E-state index contributed by atoms with van der Waals surface area (Å²) in [5, 5.41) is 0.0425. The van der Waals surface area contributed by atoms with Crippen molar-refractivity contribution in [2.45, 2.75) is 13.3 Å². The standard InChI is InChI=1S/C13H11FO2S/c1-10(16)17-8-3-2-5-11-6-4-7-12(9-15)13(11)14/h4,6-7,9H,3,8H2,1H3. The van der Waals surface area contributed by atoms with Crippen molar-refractivity contribution < 1.29 is 14.0 Å². The molecule has 0 fully saturated rings. The quantitative estimate of drug-likeness (QED) is 0.470. The fourth-order valence-corrected chi connectivity index (χ4v) is 1.63. The third-order valence-electron chi connectivity index (χ3n) is 1.91. The van der Waals surface area contributed by atoms with E-state index >= 15 is 0 Å². The van der Waals surface area contributed by atoms with Crippen molar-refractivity contribution >= 4 is 23.2 Å². The maximum Gasteiger partial charge on any atom is 0.185 e. The lowest BCUT2D eigenvalue weighted by Gasteiger charge is -1.96. The van der Waals surface area contributed by atoms with E-state index in [1.807, 2.05) is 0 Å². The fraction of sp³-hybridized carbons (Fsp3) is 0.231. The first-order valence-corrected chi connectivity index (χ1v) is 5.99. The number of hydrogen-bond donors (Lipinski definition) is 0. The molecule has 17 heavy (non-hydrogen) atoms. The van der Waals surface area contributed by atoms with Crippen molar-refractivity contribution in [3.63, 3.8) is 0 Å². The third kappa shape index (κ3) is 4.41. The van der Waals surface area contributed by atoms with Gasteiger partial charge in [-0.1, -0.05) is 29.7 Å². The van der Waals surface area contributed by atoms with Gasteiger partial charge in [0.1, 0.15) is 5.82 Å². The Bertz CT molecular complexity index is 486. The Kier molecular flexibility index (Phi) is 5.44. The van der Waals surface area contributed by atoms with Crippen LogP contribution in [0.5, 0.6) is 0 Å². The Morgan fingerprint density at radius 3 is 2.94 bits per heavy atom. The van der Waals surface area contributed by atoms with Gasteiger partial charge in [-0.3, -0.25) is 9.59 Å². The first-order chi connectivity index (χ1) is 8.15. The van der Waals surface area contributed by atoms with Gasteiger partial charge in [-0.15, -0.1) is 0 Å². The van der Waals surface area contributed by atoms with E-state index < -0.39 is 5.82 Å². The molecule has 0 aliphatic carbocycles. The highest BCUT2D eigenvalue weighted by molar-refractivity contribution is 8.13. The van der Waals surface area contributed by atoms with Crippen molar-refractivity contribution in [3.05, 3.63) is 35.1 Å². The van der Waals surface area contributed by atoms with Gasteiger partial charge in [0.2, 0.25) is 0 Å². The summed E-state index contributed by atoms with van der Waals surface area (Å²) in [4.78, 5) is 21.1. The number of thioether (sulfide) groups is 1. The smallest absolute Gasteiger partial charge is 0.185 e. The van der Waals surface area contributed by atoms with Gasteiger partial charge in [-0.2, -0.15) is 0 Å². The van der Waals surface area contributed by atoms with E-state index in [-0.39, 0.29) is 16.2 Å². The first-order valence-electron chi connectivity index (χ1n) is 5.01. The van der Waals surface area contributed by atoms with Gasteiger partial charge in [-0.25, -0.2) is 4.39 Å². The fourth-order valence-electron chi connectivity index (χ4n) is 1.14. The third-order valence-corrected chi connectivity index (χ3v) is 2.73. The summed E-state index contributed by atoms with van der Waals surface area (Å²) in [6.45, 7) is 1.49. The van der Waals surface area contributed by atoms with Crippen LogP contribution in [-0.4, -0.2) is 17.2 Å². The maximum atomic E-state index is 13.5. The van der Waals surface area contributed by atoms with E-state index in [1.165, 1.54) is 30.8 Å². The van der Waals surface area contributed by atoms with Crippen LogP contribution in [0.4, 0.5) is 4.39 Å². The van der Waals surface area contributed by atoms with Gasteiger partial charge in [0.15, 0.2) is 11.4 Å². The molecule has 0 saturated heterocycles. The molecule has 2 nitrogen and oxygen atoms in total. The Labute approximate surface area is 104 Å². The number of rotatable bonds is 3. The van der Waals surface area contributed by atoms with E-state index in [1.54, 1.807) is 6.07 Å². The summed E-state index contributed by atoms with van der Waals surface area (Å²) in [7, 11) is 0. The normalized spacial score (nSPS) is 9.29. The molecule has 0 atom stereocenters. The number of benzene rings is 1. The second-order valence-corrected chi connectivity index (χ2v) is 4.49. The van der Waals surface area contributed by atoms with Gasteiger partial charge in [0.05, 0.1) is 11.1 Å².